The van der Waals surface area contributed by atoms with Crippen LogP contribution in [0.5, 0.6) is 0 Å². The minimum atomic E-state index is -0.277. The number of aromatic nitrogens is 1. The van der Waals surface area contributed by atoms with Gasteiger partial charge in [0.05, 0.1) is 5.69 Å². The average Bonchev–Trinajstić information content (AvgIpc) is 2.90. The Kier molecular flexibility index (Phi) is 4.34. The summed E-state index contributed by atoms with van der Waals surface area (Å²) in [5.74, 6) is -0.288. The highest BCUT2D eigenvalue weighted by molar-refractivity contribution is 6.09. The van der Waals surface area contributed by atoms with Crippen LogP contribution in [0.25, 0.3) is 0 Å². The molecule has 0 fully saturated rings. The summed E-state index contributed by atoms with van der Waals surface area (Å²) >= 11 is 0. The molecule has 0 aliphatic carbocycles. The van der Waals surface area contributed by atoms with Gasteiger partial charge in [-0.15, -0.1) is 0 Å². The highest BCUT2D eigenvalue weighted by Crippen LogP contribution is 2.20. The summed E-state index contributed by atoms with van der Waals surface area (Å²) in [6.45, 7) is 3.95. The third kappa shape index (κ3) is 3.02. The van der Waals surface area contributed by atoms with E-state index in [1.165, 1.54) is 6.07 Å². The number of ketones is 1. The van der Waals surface area contributed by atoms with Crippen molar-refractivity contribution in [1.29, 1.82) is 0 Å². The molecule has 1 aromatic heterocycles. The number of aryl methyl sites for hydroxylation is 2. The van der Waals surface area contributed by atoms with Crippen molar-refractivity contribution in [3.63, 3.8) is 0 Å². The van der Waals surface area contributed by atoms with E-state index in [1.54, 1.807) is 12.1 Å². The van der Waals surface area contributed by atoms with Gasteiger partial charge in [-0.25, -0.2) is 4.39 Å². The van der Waals surface area contributed by atoms with Gasteiger partial charge < -0.3 is 4.57 Å². The van der Waals surface area contributed by atoms with Crippen LogP contribution in [-0.2, 0) is 13.5 Å². The summed E-state index contributed by atoms with van der Waals surface area (Å²) in [5.41, 5.74) is 4.91. The van der Waals surface area contributed by atoms with Crippen molar-refractivity contribution in [2.45, 2.75) is 20.3 Å². The van der Waals surface area contributed by atoms with Gasteiger partial charge in [0, 0.05) is 24.7 Å². The number of hydrogen-bond donors (Lipinski definition) is 0. The second-order valence-corrected chi connectivity index (χ2v) is 6.11. The van der Waals surface area contributed by atoms with Crippen molar-refractivity contribution >= 4 is 5.78 Å². The Balaban J connectivity index is 1.92. The monoisotopic (exact) mass is 320 g/mol. The molecule has 0 N–H and O–H groups in total. The van der Waals surface area contributed by atoms with Crippen LogP contribution in [0.3, 0.4) is 0 Å². The first-order valence-corrected chi connectivity index (χ1v) is 7.88. The normalized spacial score (nSPS) is 10.8. The van der Waals surface area contributed by atoms with E-state index in [4.69, 9.17) is 0 Å². The lowest BCUT2D eigenvalue weighted by molar-refractivity contribution is 0.103. The first-order valence-electron chi connectivity index (χ1n) is 7.88. The fourth-order valence-electron chi connectivity index (χ4n) is 2.95. The molecule has 0 bridgehead atoms. The summed E-state index contributed by atoms with van der Waals surface area (Å²) < 4.78 is 15.7. The van der Waals surface area contributed by atoms with Crippen molar-refractivity contribution in [1.82, 2.24) is 4.57 Å². The molecule has 0 atom stereocenters. The number of benzene rings is 2. The van der Waals surface area contributed by atoms with Crippen LogP contribution in [0.1, 0.15) is 38.4 Å². The molecule has 1 radical (unpaired) electrons. The maximum absolute atomic E-state index is 13.8. The third-order valence-electron chi connectivity index (χ3n) is 4.35. The molecule has 0 saturated heterocycles. The first-order chi connectivity index (χ1) is 11.5. The topological polar surface area (TPSA) is 22.0 Å². The highest BCUT2D eigenvalue weighted by Gasteiger charge is 2.17. The Morgan fingerprint density at radius 3 is 2.67 bits per heavy atom. The smallest absolute Gasteiger partial charge is 0.209 e. The first kappa shape index (κ1) is 16.2. The van der Waals surface area contributed by atoms with Crippen molar-refractivity contribution in [2.75, 3.05) is 0 Å². The molecule has 0 aliphatic rings. The molecule has 0 spiro atoms. The van der Waals surface area contributed by atoms with Gasteiger partial charge in [0.25, 0.3) is 0 Å². The van der Waals surface area contributed by atoms with E-state index in [1.807, 2.05) is 55.8 Å². The van der Waals surface area contributed by atoms with Gasteiger partial charge in [-0.05, 0) is 49.2 Å². The molecule has 3 aromatic rings. The zero-order valence-electron chi connectivity index (χ0n) is 14.1. The van der Waals surface area contributed by atoms with Crippen molar-refractivity contribution < 1.29 is 9.18 Å². The fourth-order valence-corrected chi connectivity index (χ4v) is 2.95. The minimum absolute atomic E-state index is 0.0110. The van der Waals surface area contributed by atoms with E-state index < -0.39 is 0 Å². The molecule has 2 aromatic carbocycles. The molecule has 121 valence electrons. The summed E-state index contributed by atoms with van der Waals surface area (Å²) in [6, 6.07) is 17.0. The number of carbonyl (C=O) groups excluding carboxylic acids is 1. The minimum Gasteiger partial charge on any atom is -0.345 e. The predicted molar refractivity (Wildman–Crippen MR) is 92.8 cm³/mol. The van der Waals surface area contributed by atoms with Gasteiger partial charge in [-0.3, -0.25) is 4.79 Å². The van der Waals surface area contributed by atoms with Gasteiger partial charge in [0.2, 0.25) is 5.78 Å². The molecular weight excluding hydrogens is 301 g/mol. The van der Waals surface area contributed by atoms with Crippen LogP contribution in [0.4, 0.5) is 4.39 Å². The molecule has 0 saturated carbocycles. The maximum atomic E-state index is 13.8. The Morgan fingerprint density at radius 1 is 1.17 bits per heavy atom. The van der Waals surface area contributed by atoms with Crippen LogP contribution in [-0.4, -0.2) is 10.4 Å². The maximum Gasteiger partial charge on any atom is 0.209 e. The SMILES string of the molecule is Cc1ccc(C(=O)c2ccc(Cc3cc[c]cc3F)n2C)c(C)c1. The van der Waals surface area contributed by atoms with Crippen LogP contribution in [0.15, 0.2) is 48.5 Å². The predicted octanol–water partition coefficient (Wildman–Crippen LogP) is 4.40. The van der Waals surface area contributed by atoms with E-state index >= 15 is 0 Å². The number of nitrogens with zero attached hydrogens (tertiary/aromatic N) is 1. The second-order valence-electron chi connectivity index (χ2n) is 6.11. The number of halogens is 1. The summed E-state index contributed by atoms with van der Waals surface area (Å²) in [7, 11) is 1.85. The Hall–Kier alpha value is -2.68. The van der Waals surface area contributed by atoms with Crippen LogP contribution < -0.4 is 0 Å². The Bertz CT molecular complexity index is 908. The van der Waals surface area contributed by atoms with Crippen molar-refractivity contribution in [3.05, 3.63) is 94.1 Å². The zero-order valence-corrected chi connectivity index (χ0v) is 14.1. The lowest BCUT2D eigenvalue weighted by Gasteiger charge is -2.10. The summed E-state index contributed by atoms with van der Waals surface area (Å²) in [6.07, 6.45) is 0.442. The average molecular weight is 320 g/mol. The summed E-state index contributed by atoms with van der Waals surface area (Å²) in [4.78, 5) is 12.8. The molecular formula is C21H19FNO. The van der Waals surface area contributed by atoms with Gasteiger partial charge in [0.1, 0.15) is 5.82 Å². The number of rotatable bonds is 4. The lowest BCUT2D eigenvalue weighted by Crippen LogP contribution is -2.11. The molecule has 3 rings (SSSR count). The van der Waals surface area contributed by atoms with E-state index in [0.717, 1.165) is 16.8 Å². The highest BCUT2D eigenvalue weighted by atomic mass is 19.1. The van der Waals surface area contributed by atoms with Crippen LogP contribution in [0.2, 0.25) is 0 Å². The van der Waals surface area contributed by atoms with E-state index in [0.29, 0.717) is 23.2 Å². The summed E-state index contributed by atoms with van der Waals surface area (Å²) in [5, 5.41) is 0. The molecule has 2 nitrogen and oxygen atoms in total. The van der Waals surface area contributed by atoms with Gasteiger partial charge in [0.15, 0.2) is 0 Å². The second kappa shape index (κ2) is 6.44. The largest absolute Gasteiger partial charge is 0.345 e. The van der Waals surface area contributed by atoms with Gasteiger partial charge in [-0.1, -0.05) is 35.9 Å². The Morgan fingerprint density at radius 2 is 1.96 bits per heavy atom. The molecule has 0 unspecified atom stereocenters. The lowest BCUT2D eigenvalue weighted by atomic mass is 10.0. The van der Waals surface area contributed by atoms with E-state index in [2.05, 4.69) is 6.07 Å². The van der Waals surface area contributed by atoms with Crippen LogP contribution >= 0.6 is 0 Å². The molecule has 0 aliphatic heterocycles. The number of hydrogen-bond acceptors (Lipinski definition) is 1. The molecule has 1 heterocycles. The van der Waals surface area contributed by atoms with E-state index in [-0.39, 0.29) is 11.6 Å². The zero-order chi connectivity index (χ0) is 17.3. The van der Waals surface area contributed by atoms with Gasteiger partial charge >= 0.3 is 0 Å². The van der Waals surface area contributed by atoms with Crippen molar-refractivity contribution in [3.8, 4) is 0 Å². The van der Waals surface area contributed by atoms with Crippen molar-refractivity contribution in [2.24, 2.45) is 7.05 Å². The standard InChI is InChI=1S/C21H19FNO/c1-14-8-10-18(15(2)12-14)21(24)20-11-9-17(23(20)3)13-16-6-4-5-7-19(16)22/h4,6-12H,13H2,1-3H3. The Labute approximate surface area is 141 Å². The van der Waals surface area contributed by atoms with Crippen LogP contribution in [0, 0.1) is 25.7 Å². The molecule has 24 heavy (non-hydrogen) atoms. The fraction of sp³-hybridized carbons (Fsp3) is 0.190. The number of carbonyl (C=O) groups is 1. The molecule has 0 amide bonds. The third-order valence-corrected chi connectivity index (χ3v) is 4.35. The van der Waals surface area contributed by atoms with E-state index in [9.17, 15) is 9.18 Å². The molecule has 3 heteroatoms. The quantitative estimate of drug-likeness (QED) is 0.653. The van der Waals surface area contributed by atoms with Gasteiger partial charge in [-0.2, -0.15) is 0 Å².